The van der Waals surface area contributed by atoms with Crippen LogP contribution in [0.25, 0.3) is 0 Å². The van der Waals surface area contributed by atoms with E-state index in [0.29, 0.717) is 6.42 Å². The van der Waals surface area contributed by atoms with Crippen LogP contribution in [0.5, 0.6) is 0 Å². The van der Waals surface area contributed by atoms with Crippen LogP contribution in [0.2, 0.25) is 0 Å². The van der Waals surface area contributed by atoms with Gasteiger partial charge in [-0.1, -0.05) is 31.2 Å². The van der Waals surface area contributed by atoms with E-state index < -0.39 is 0 Å². The van der Waals surface area contributed by atoms with Gasteiger partial charge < -0.3 is 0 Å². The molecule has 0 radical (unpaired) electrons. The molecule has 0 rings (SSSR count). The SMILES string of the molecule is CC/C=C\CCC/C=C\CCC#N. The van der Waals surface area contributed by atoms with Gasteiger partial charge in [-0.05, 0) is 32.1 Å². The van der Waals surface area contributed by atoms with Gasteiger partial charge in [0.1, 0.15) is 0 Å². The summed E-state index contributed by atoms with van der Waals surface area (Å²) in [6, 6.07) is 2.12. The van der Waals surface area contributed by atoms with Gasteiger partial charge >= 0.3 is 0 Å². The summed E-state index contributed by atoms with van der Waals surface area (Å²) in [5, 5.41) is 8.27. The van der Waals surface area contributed by atoms with E-state index >= 15 is 0 Å². The summed E-state index contributed by atoms with van der Waals surface area (Å²) < 4.78 is 0. The molecule has 0 aliphatic rings. The topological polar surface area (TPSA) is 23.8 Å². The third-order valence-electron chi connectivity index (χ3n) is 1.73. The number of rotatable bonds is 7. The number of hydrogen-bond donors (Lipinski definition) is 0. The lowest BCUT2D eigenvalue weighted by Crippen LogP contribution is -1.70. The number of allylic oxidation sites excluding steroid dienone is 4. The first-order chi connectivity index (χ1) is 6.41. The summed E-state index contributed by atoms with van der Waals surface area (Å²) in [4.78, 5) is 0. The molecule has 0 spiro atoms. The van der Waals surface area contributed by atoms with E-state index in [1.54, 1.807) is 0 Å². The highest BCUT2D eigenvalue weighted by molar-refractivity contribution is 4.87. The van der Waals surface area contributed by atoms with Gasteiger partial charge in [0.15, 0.2) is 0 Å². The van der Waals surface area contributed by atoms with Crippen molar-refractivity contribution in [3.05, 3.63) is 24.3 Å². The number of nitrogens with zero attached hydrogens (tertiary/aromatic N) is 1. The van der Waals surface area contributed by atoms with Crippen LogP contribution < -0.4 is 0 Å². The van der Waals surface area contributed by atoms with E-state index in [-0.39, 0.29) is 0 Å². The molecule has 1 nitrogen and oxygen atoms in total. The summed E-state index contributed by atoms with van der Waals surface area (Å²) >= 11 is 0. The summed E-state index contributed by atoms with van der Waals surface area (Å²) in [6.45, 7) is 2.15. The molecule has 0 unspecified atom stereocenters. The summed E-state index contributed by atoms with van der Waals surface area (Å²) in [6.07, 6.45) is 15.0. The zero-order valence-electron chi connectivity index (χ0n) is 8.50. The molecule has 0 fully saturated rings. The summed E-state index contributed by atoms with van der Waals surface area (Å²) in [5.41, 5.74) is 0. The molecule has 0 saturated carbocycles. The monoisotopic (exact) mass is 177 g/mol. The van der Waals surface area contributed by atoms with Crippen molar-refractivity contribution in [2.24, 2.45) is 0 Å². The minimum atomic E-state index is 0.645. The van der Waals surface area contributed by atoms with Gasteiger partial charge in [0.05, 0.1) is 6.07 Å². The van der Waals surface area contributed by atoms with Gasteiger partial charge in [-0.25, -0.2) is 0 Å². The highest BCUT2D eigenvalue weighted by atomic mass is 14.2. The van der Waals surface area contributed by atoms with Crippen LogP contribution in [0.4, 0.5) is 0 Å². The Morgan fingerprint density at radius 3 is 2.23 bits per heavy atom. The number of hydrogen-bond acceptors (Lipinski definition) is 1. The van der Waals surface area contributed by atoms with Gasteiger partial charge in [0.2, 0.25) is 0 Å². The zero-order valence-corrected chi connectivity index (χ0v) is 8.50. The van der Waals surface area contributed by atoms with Crippen molar-refractivity contribution < 1.29 is 0 Å². The Morgan fingerprint density at radius 2 is 1.62 bits per heavy atom. The molecule has 0 aromatic heterocycles. The Morgan fingerprint density at radius 1 is 1.00 bits per heavy atom. The Bertz CT molecular complexity index is 184. The molecule has 0 aliphatic heterocycles. The van der Waals surface area contributed by atoms with Crippen molar-refractivity contribution >= 4 is 0 Å². The van der Waals surface area contributed by atoms with E-state index in [0.717, 1.165) is 19.3 Å². The lowest BCUT2D eigenvalue weighted by molar-refractivity contribution is 0.860. The first-order valence-electron chi connectivity index (χ1n) is 5.08. The van der Waals surface area contributed by atoms with Gasteiger partial charge in [-0.2, -0.15) is 5.26 Å². The van der Waals surface area contributed by atoms with Crippen LogP contribution in [0.1, 0.15) is 45.4 Å². The Labute approximate surface area is 81.8 Å². The number of nitriles is 1. The minimum Gasteiger partial charge on any atom is -0.198 e. The van der Waals surface area contributed by atoms with Crippen LogP contribution in [0.15, 0.2) is 24.3 Å². The second-order valence-electron chi connectivity index (χ2n) is 2.98. The minimum absolute atomic E-state index is 0.645. The van der Waals surface area contributed by atoms with E-state index in [4.69, 9.17) is 5.26 Å². The molecule has 0 amide bonds. The van der Waals surface area contributed by atoms with Crippen LogP contribution in [-0.4, -0.2) is 0 Å². The van der Waals surface area contributed by atoms with Crippen molar-refractivity contribution in [1.29, 1.82) is 5.26 Å². The highest BCUT2D eigenvalue weighted by Gasteiger charge is 1.80. The molecule has 0 saturated heterocycles. The fourth-order valence-electron chi connectivity index (χ4n) is 1.02. The lowest BCUT2D eigenvalue weighted by atomic mass is 10.2. The van der Waals surface area contributed by atoms with E-state index in [9.17, 15) is 0 Å². The van der Waals surface area contributed by atoms with E-state index in [1.807, 2.05) is 0 Å². The fourth-order valence-corrected chi connectivity index (χ4v) is 1.02. The largest absolute Gasteiger partial charge is 0.198 e. The average molecular weight is 177 g/mol. The maximum Gasteiger partial charge on any atom is 0.0624 e. The molecule has 0 heterocycles. The smallest absolute Gasteiger partial charge is 0.0624 e. The van der Waals surface area contributed by atoms with Gasteiger partial charge in [0.25, 0.3) is 0 Å². The van der Waals surface area contributed by atoms with Crippen molar-refractivity contribution in [2.45, 2.75) is 45.4 Å². The Kier molecular flexibility index (Phi) is 10.1. The highest BCUT2D eigenvalue weighted by Crippen LogP contribution is 2.00. The Balaban J connectivity index is 3.11. The van der Waals surface area contributed by atoms with E-state index in [1.165, 1.54) is 12.8 Å². The summed E-state index contributed by atoms with van der Waals surface area (Å²) in [5.74, 6) is 0. The van der Waals surface area contributed by atoms with Crippen molar-refractivity contribution in [3.63, 3.8) is 0 Å². The molecule has 13 heavy (non-hydrogen) atoms. The van der Waals surface area contributed by atoms with E-state index in [2.05, 4.69) is 37.3 Å². The molecular formula is C12H19N. The average Bonchev–Trinajstić information content (AvgIpc) is 2.16. The molecule has 0 atom stereocenters. The van der Waals surface area contributed by atoms with Gasteiger partial charge in [-0.3, -0.25) is 0 Å². The third-order valence-corrected chi connectivity index (χ3v) is 1.73. The van der Waals surface area contributed by atoms with Crippen LogP contribution in [0.3, 0.4) is 0 Å². The van der Waals surface area contributed by atoms with Crippen LogP contribution in [-0.2, 0) is 0 Å². The molecule has 0 aliphatic carbocycles. The molecule has 0 bridgehead atoms. The van der Waals surface area contributed by atoms with Gasteiger partial charge in [-0.15, -0.1) is 0 Å². The maximum atomic E-state index is 8.27. The predicted molar refractivity (Wildman–Crippen MR) is 57.3 cm³/mol. The summed E-state index contributed by atoms with van der Waals surface area (Å²) in [7, 11) is 0. The molecule has 72 valence electrons. The maximum absolute atomic E-state index is 8.27. The second-order valence-corrected chi connectivity index (χ2v) is 2.98. The standard InChI is InChI=1S/C12H19N/c1-2-3-4-5-6-7-8-9-10-11-12-13/h3-4,8-9H,2,5-7,10-11H2,1H3/b4-3-,9-8-. The Hall–Kier alpha value is -1.03. The van der Waals surface area contributed by atoms with Crippen molar-refractivity contribution in [1.82, 2.24) is 0 Å². The zero-order chi connectivity index (χ0) is 9.78. The second kappa shape index (κ2) is 11.0. The molecular weight excluding hydrogens is 158 g/mol. The van der Waals surface area contributed by atoms with Crippen LogP contribution >= 0.6 is 0 Å². The third kappa shape index (κ3) is 11.0. The first-order valence-corrected chi connectivity index (χ1v) is 5.08. The van der Waals surface area contributed by atoms with Crippen molar-refractivity contribution in [2.75, 3.05) is 0 Å². The lowest BCUT2D eigenvalue weighted by Gasteiger charge is -1.89. The fraction of sp³-hybridized carbons (Fsp3) is 0.583. The van der Waals surface area contributed by atoms with Crippen molar-refractivity contribution in [3.8, 4) is 6.07 Å². The molecule has 0 N–H and O–H groups in total. The molecule has 1 heteroatoms. The predicted octanol–water partition coefficient (Wildman–Crippen LogP) is 3.98. The molecule has 0 aromatic rings. The molecule has 0 aromatic carbocycles. The normalized spacial score (nSPS) is 11.1. The number of unbranched alkanes of at least 4 members (excludes halogenated alkanes) is 3. The first kappa shape index (κ1) is 12.0. The van der Waals surface area contributed by atoms with Gasteiger partial charge in [0, 0.05) is 6.42 Å². The quantitative estimate of drug-likeness (QED) is 0.426. The van der Waals surface area contributed by atoms with Crippen LogP contribution in [0, 0.1) is 11.3 Å².